The van der Waals surface area contributed by atoms with E-state index in [1.807, 2.05) is 31.2 Å². The third kappa shape index (κ3) is 2.94. The van der Waals surface area contributed by atoms with Crippen molar-refractivity contribution in [1.82, 2.24) is 25.0 Å². The van der Waals surface area contributed by atoms with Gasteiger partial charge in [-0.15, -0.1) is 10.2 Å². The van der Waals surface area contributed by atoms with Crippen molar-refractivity contribution in [1.29, 1.82) is 0 Å². The topological polar surface area (TPSA) is 95.6 Å². The molecule has 0 bridgehead atoms. The van der Waals surface area contributed by atoms with Gasteiger partial charge in [-0.25, -0.2) is 4.68 Å². The van der Waals surface area contributed by atoms with Gasteiger partial charge in [-0.3, -0.25) is 0 Å². The Hall–Kier alpha value is -2.35. The van der Waals surface area contributed by atoms with Crippen molar-refractivity contribution in [2.75, 3.05) is 5.84 Å². The van der Waals surface area contributed by atoms with Gasteiger partial charge in [0.25, 0.3) is 0 Å². The minimum atomic E-state index is 0.465. The van der Waals surface area contributed by atoms with Crippen LogP contribution in [0.5, 0.6) is 0 Å². The molecule has 118 valence electrons. The molecule has 1 aliphatic rings. The lowest BCUT2D eigenvalue weighted by atomic mass is 10.1. The van der Waals surface area contributed by atoms with Crippen LogP contribution in [0.2, 0.25) is 0 Å². The van der Waals surface area contributed by atoms with Gasteiger partial charge in [-0.05, 0) is 19.8 Å². The molecule has 0 saturated heterocycles. The lowest BCUT2D eigenvalue weighted by Crippen LogP contribution is -2.11. The van der Waals surface area contributed by atoms with E-state index in [1.54, 1.807) is 0 Å². The van der Waals surface area contributed by atoms with E-state index in [0.29, 0.717) is 28.5 Å². The van der Waals surface area contributed by atoms with Gasteiger partial charge in [0.2, 0.25) is 11.0 Å². The molecule has 0 atom stereocenters. The first-order valence-electron chi connectivity index (χ1n) is 7.43. The van der Waals surface area contributed by atoms with Crippen molar-refractivity contribution in [3.63, 3.8) is 0 Å². The Labute approximate surface area is 137 Å². The van der Waals surface area contributed by atoms with E-state index in [0.717, 1.165) is 24.3 Å². The van der Waals surface area contributed by atoms with E-state index in [9.17, 15) is 0 Å². The number of aryl methyl sites for hydroxylation is 1. The highest BCUT2D eigenvalue weighted by Crippen LogP contribution is 2.39. The fraction of sp³-hybridized carbons (Fsp3) is 0.333. The Morgan fingerprint density at radius 2 is 2.04 bits per heavy atom. The molecule has 1 aliphatic carbocycles. The van der Waals surface area contributed by atoms with Gasteiger partial charge in [0.15, 0.2) is 11.6 Å². The number of rotatable bonds is 5. The first-order valence-corrected chi connectivity index (χ1v) is 8.42. The minimum absolute atomic E-state index is 0.465. The number of thioether (sulfide) groups is 1. The maximum atomic E-state index is 6.11. The molecule has 0 spiro atoms. The van der Waals surface area contributed by atoms with Crippen LogP contribution >= 0.6 is 11.8 Å². The van der Waals surface area contributed by atoms with Crippen molar-refractivity contribution in [3.8, 4) is 11.4 Å². The lowest BCUT2D eigenvalue weighted by Gasteiger charge is -2.03. The minimum Gasteiger partial charge on any atom is -0.339 e. The van der Waals surface area contributed by atoms with E-state index in [4.69, 9.17) is 10.4 Å². The molecule has 2 N–H and O–H groups in total. The van der Waals surface area contributed by atoms with Crippen molar-refractivity contribution in [2.24, 2.45) is 0 Å². The summed E-state index contributed by atoms with van der Waals surface area (Å²) in [5.74, 6) is 9.18. The zero-order valence-electron chi connectivity index (χ0n) is 12.6. The Kier molecular flexibility index (Phi) is 3.53. The first kappa shape index (κ1) is 14.3. The van der Waals surface area contributed by atoms with Gasteiger partial charge >= 0.3 is 0 Å². The monoisotopic (exact) mass is 328 g/mol. The average Bonchev–Trinajstić information content (AvgIpc) is 3.19. The fourth-order valence-corrected chi connectivity index (χ4v) is 2.93. The van der Waals surface area contributed by atoms with Gasteiger partial charge in [0.1, 0.15) is 0 Å². The number of hydrogen-bond donors (Lipinski definition) is 1. The zero-order valence-corrected chi connectivity index (χ0v) is 13.5. The molecular formula is C15H16N6OS. The molecule has 0 aliphatic heterocycles. The summed E-state index contributed by atoms with van der Waals surface area (Å²) in [6.07, 6.45) is 2.29. The highest BCUT2D eigenvalue weighted by molar-refractivity contribution is 7.98. The van der Waals surface area contributed by atoms with Crippen LogP contribution in [0.15, 0.2) is 33.9 Å². The lowest BCUT2D eigenvalue weighted by molar-refractivity contribution is 0.375. The molecular weight excluding hydrogens is 312 g/mol. The second-order valence-electron chi connectivity index (χ2n) is 5.65. The summed E-state index contributed by atoms with van der Waals surface area (Å²) in [5, 5.41) is 12.9. The van der Waals surface area contributed by atoms with E-state index >= 15 is 0 Å². The number of benzene rings is 1. The van der Waals surface area contributed by atoms with Crippen molar-refractivity contribution >= 4 is 11.8 Å². The Balaban J connectivity index is 1.47. The predicted molar refractivity (Wildman–Crippen MR) is 86.2 cm³/mol. The Morgan fingerprint density at radius 1 is 1.26 bits per heavy atom. The largest absolute Gasteiger partial charge is 0.339 e. The highest BCUT2D eigenvalue weighted by Gasteiger charge is 2.29. The third-order valence-corrected chi connectivity index (χ3v) is 4.65. The molecule has 0 unspecified atom stereocenters. The van der Waals surface area contributed by atoms with Gasteiger partial charge in [0, 0.05) is 11.5 Å². The third-order valence-electron chi connectivity index (χ3n) is 3.72. The van der Waals surface area contributed by atoms with E-state index < -0.39 is 0 Å². The second kappa shape index (κ2) is 5.69. The van der Waals surface area contributed by atoms with Crippen molar-refractivity contribution in [2.45, 2.75) is 36.6 Å². The number of nitrogens with two attached hydrogens (primary N) is 1. The molecule has 0 amide bonds. The normalized spacial score (nSPS) is 14.3. The van der Waals surface area contributed by atoms with Crippen LogP contribution < -0.4 is 5.84 Å². The standard InChI is InChI=1S/C15H16N6OS/c1-9-2-4-10(5-3-9)13-18-19-15(21(13)16)23-8-12-17-14(22-20-12)11-6-7-11/h2-5,11H,6-8,16H2,1H3. The summed E-state index contributed by atoms with van der Waals surface area (Å²) in [4.78, 5) is 4.39. The van der Waals surface area contributed by atoms with Crippen LogP contribution in [-0.2, 0) is 5.75 Å². The number of hydrogen-bond acceptors (Lipinski definition) is 7. The Morgan fingerprint density at radius 3 is 2.78 bits per heavy atom. The summed E-state index contributed by atoms with van der Waals surface area (Å²) in [6, 6.07) is 8.02. The van der Waals surface area contributed by atoms with Crippen LogP contribution in [0, 0.1) is 6.92 Å². The van der Waals surface area contributed by atoms with Gasteiger partial charge in [-0.2, -0.15) is 4.98 Å². The van der Waals surface area contributed by atoms with Crippen LogP contribution in [0.4, 0.5) is 0 Å². The van der Waals surface area contributed by atoms with E-state index in [-0.39, 0.29) is 0 Å². The second-order valence-corrected chi connectivity index (χ2v) is 6.60. The first-order chi connectivity index (χ1) is 11.2. The summed E-state index contributed by atoms with van der Waals surface area (Å²) < 4.78 is 6.74. The van der Waals surface area contributed by atoms with Crippen molar-refractivity contribution < 1.29 is 4.52 Å². The van der Waals surface area contributed by atoms with Crippen LogP contribution in [0.3, 0.4) is 0 Å². The average molecular weight is 328 g/mol. The van der Waals surface area contributed by atoms with Crippen molar-refractivity contribution in [3.05, 3.63) is 41.5 Å². The zero-order chi connectivity index (χ0) is 15.8. The summed E-state index contributed by atoms with van der Waals surface area (Å²) >= 11 is 1.44. The number of nitrogen functional groups attached to an aromatic ring is 1. The van der Waals surface area contributed by atoms with Crippen LogP contribution in [-0.4, -0.2) is 25.0 Å². The smallest absolute Gasteiger partial charge is 0.229 e. The Bertz CT molecular complexity index is 821. The van der Waals surface area contributed by atoms with E-state index in [1.165, 1.54) is 22.0 Å². The molecule has 4 rings (SSSR count). The van der Waals surface area contributed by atoms with Gasteiger partial charge in [-0.1, -0.05) is 46.7 Å². The van der Waals surface area contributed by atoms with Gasteiger partial charge < -0.3 is 10.4 Å². The molecule has 1 aromatic carbocycles. The van der Waals surface area contributed by atoms with Gasteiger partial charge in [0.05, 0.1) is 5.75 Å². The molecule has 1 saturated carbocycles. The molecule has 8 heteroatoms. The molecule has 3 aromatic rings. The fourth-order valence-electron chi connectivity index (χ4n) is 2.23. The molecule has 1 fully saturated rings. The maximum absolute atomic E-state index is 6.11. The van der Waals surface area contributed by atoms with Crippen LogP contribution in [0.25, 0.3) is 11.4 Å². The highest BCUT2D eigenvalue weighted by atomic mass is 32.2. The number of nitrogens with zero attached hydrogens (tertiary/aromatic N) is 5. The summed E-state index contributed by atoms with van der Waals surface area (Å²) in [7, 11) is 0. The van der Waals surface area contributed by atoms with Crippen LogP contribution in [0.1, 0.15) is 36.0 Å². The molecule has 7 nitrogen and oxygen atoms in total. The summed E-state index contributed by atoms with van der Waals surface area (Å²) in [5.41, 5.74) is 2.13. The molecule has 2 aromatic heterocycles. The molecule has 0 radical (unpaired) electrons. The maximum Gasteiger partial charge on any atom is 0.229 e. The number of aromatic nitrogens is 5. The quantitative estimate of drug-likeness (QED) is 0.568. The SMILES string of the molecule is Cc1ccc(-c2nnc(SCc3noc(C4CC4)n3)n2N)cc1. The molecule has 23 heavy (non-hydrogen) atoms. The summed E-state index contributed by atoms with van der Waals surface area (Å²) in [6.45, 7) is 2.04. The predicted octanol–water partition coefficient (Wildman–Crippen LogP) is 2.52. The van der Waals surface area contributed by atoms with E-state index in [2.05, 4.69) is 20.3 Å². The molecule has 2 heterocycles.